The van der Waals surface area contributed by atoms with Crippen LogP contribution in [0.5, 0.6) is 5.75 Å². The first-order chi connectivity index (χ1) is 11.1. The molecule has 0 aromatic heterocycles. The van der Waals surface area contributed by atoms with Gasteiger partial charge in [0.05, 0.1) is 12.2 Å². The van der Waals surface area contributed by atoms with E-state index in [0.29, 0.717) is 18.7 Å². The first-order valence-corrected chi connectivity index (χ1v) is 7.77. The number of ketones is 1. The van der Waals surface area contributed by atoms with Crippen molar-refractivity contribution in [1.82, 2.24) is 0 Å². The van der Waals surface area contributed by atoms with Gasteiger partial charge in [-0.05, 0) is 24.6 Å². The number of rotatable bonds is 4. The maximum atomic E-state index is 12.5. The Balaban J connectivity index is 1.68. The van der Waals surface area contributed by atoms with Crippen LogP contribution >= 0.6 is 0 Å². The molecule has 0 N–H and O–H groups in total. The number of amides is 1. The van der Waals surface area contributed by atoms with Gasteiger partial charge >= 0.3 is 0 Å². The minimum atomic E-state index is -0.0376. The summed E-state index contributed by atoms with van der Waals surface area (Å²) in [5.74, 6) is 0.686. The highest BCUT2D eigenvalue weighted by Gasteiger charge is 2.24. The number of carbonyl (C=O) groups is 2. The molecule has 4 heteroatoms. The van der Waals surface area contributed by atoms with Gasteiger partial charge in [0, 0.05) is 18.4 Å². The van der Waals surface area contributed by atoms with Crippen molar-refractivity contribution in [2.45, 2.75) is 19.8 Å². The summed E-state index contributed by atoms with van der Waals surface area (Å²) in [7, 11) is 0. The van der Waals surface area contributed by atoms with E-state index in [-0.39, 0.29) is 24.5 Å². The molecule has 2 aromatic carbocycles. The Bertz CT molecular complexity index is 725. The molecule has 0 radical (unpaired) electrons. The molecule has 0 saturated heterocycles. The molecule has 2 aromatic rings. The molecule has 1 amide bonds. The molecule has 0 atom stereocenters. The van der Waals surface area contributed by atoms with Gasteiger partial charge in [-0.15, -0.1) is 0 Å². The Morgan fingerprint density at radius 1 is 1.09 bits per heavy atom. The standard InChI is InChI=1S/C19H19NO3/c1-14-7-9-18-16(13-14)20(11-12-23-18)19(22)10-8-17(21)15-5-3-2-4-6-15/h2-7,9,13H,8,10-12H2,1H3. The topological polar surface area (TPSA) is 46.6 Å². The molecule has 0 unspecified atom stereocenters. The van der Waals surface area contributed by atoms with Crippen LogP contribution in [0.4, 0.5) is 5.69 Å². The summed E-state index contributed by atoms with van der Waals surface area (Å²) in [4.78, 5) is 26.4. The number of hydrogen-bond acceptors (Lipinski definition) is 3. The first-order valence-electron chi connectivity index (χ1n) is 7.77. The largest absolute Gasteiger partial charge is 0.490 e. The lowest BCUT2D eigenvalue weighted by atomic mass is 10.1. The zero-order chi connectivity index (χ0) is 16.2. The Morgan fingerprint density at radius 2 is 1.87 bits per heavy atom. The van der Waals surface area contributed by atoms with Crippen LogP contribution in [0.2, 0.25) is 0 Å². The summed E-state index contributed by atoms with van der Waals surface area (Å²) in [5.41, 5.74) is 2.53. The lowest BCUT2D eigenvalue weighted by Gasteiger charge is -2.29. The van der Waals surface area contributed by atoms with Crippen LogP contribution in [0.25, 0.3) is 0 Å². The molecular weight excluding hydrogens is 290 g/mol. The molecule has 118 valence electrons. The summed E-state index contributed by atoms with van der Waals surface area (Å²) in [5, 5.41) is 0. The number of nitrogens with zero attached hydrogens (tertiary/aromatic N) is 1. The molecule has 3 rings (SSSR count). The van der Waals surface area contributed by atoms with Crippen molar-refractivity contribution in [3.63, 3.8) is 0 Å². The van der Waals surface area contributed by atoms with Crippen molar-refractivity contribution in [1.29, 1.82) is 0 Å². The Hall–Kier alpha value is -2.62. The lowest BCUT2D eigenvalue weighted by molar-refractivity contribution is -0.118. The molecule has 0 spiro atoms. The quantitative estimate of drug-likeness (QED) is 0.813. The monoisotopic (exact) mass is 309 g/mol. The predicted molar refractivity (Wildman–Crippen MR) is 89.0 cm³/mol. The van der Waals surface area contributed by atoms with Crippen molar-refractivity contribution in [2.75, 3.05) is 18.1 Å². The molecule has 0 saturated carbocycles. The molecule has 0 fully saturated rings. The Morgan fingerprint density at radius 3 is 2.65 bits per heavy atom. The maximum Gasteiger partial charge on any atom is 0.227 e. The summed E-state index contributed by atoms with van der Waals surface area (Å²) >= 11 is 0. The van der Waals surface area contributed by atoms with E-state index >= 15 is 0 Å². The van der Waals surface area contributed by atoms with Crippen molar-refractivity contribution >= 4 is 17.4 Å². The zero-order valence-electron chi connectivity index (χ0n) is 13.1. The van der Waals surface area contributed by atoms with Gasteiger partial charge in [-0.1, -0.05) is 36.4 Å². The molecule has 0 bridgehead atoms. The molecule has 1 heterocycles. The van der Waals surface area contributed by atoms with Crippen molar-refractivity contribution in [3.8, 4) is 5.75 Å². The summed E-state index contributed by atoms with van der Waals surface area (Å²) in [6.45, 7) is 2.99. The predicted octanol–water partition coefficient (Wildman–Crippen LogP) is 3.38. The molecule has 23 heavy (non-hydrogen) atoms. The van der Waals surface area contributed by atoms with Gasteiger partial charge in [0.2, 0.25) is 5.91 Å². The van der Waals surface area contributed by atoms with Crippen molar-refractivity contribution in [3.05, 3.63) is 59.7 Å². The third kappa shape index (κ3) is 3.42. The third-order valence-electron chi connectivity index (χ3n) is 3.94. The minimum absolute atomic E-state index is 0.00308. The molecule has 0 aliphatic carbocycles. The van der Waals surface area contributed by atoms with Gasteiger partial charge < -0.3 is 9.64 Å². The summed E-state index contributed by atoms with van der Waals surface area (Å²) in [6.07, 6.45) is 0.433. The SMILES string of the molecule is Cc1ccc2c(c1)N(C(=O)CCC(=O)c1ccccc1)CCO2. The van der Waals surface area contributed by atoms with Crippen LogP contribution in [-0.2, 0) is 4.79 Å². The summed E-state index contributed by atoms with van der Waals surface area (Å²) in [6, 6.07) is 14.9. The van der Waals surface area contributed by atoms with Crippen LogP contribution in [0.1, 0.15) is 28.8 Å². The second-order valence-corrected chi connectivity index (χ2v) is 5.65. The van der Waals surface area contributed by atoms with E-state index in [1.165, 1.54) is 0 Å². The Kier molecular flexibility index (Phi) is 4.42. The lowest BCUT2D eigenvalue weighted by Crippen LogP contribution is -2.38. The fraction of sp³-hybridized carbons (Fsp3) is 0.263. The van der Waals surface area contributed by atoms with Crippen LogP contribution in [0, 0.1) is 6.92 Å². The number of ether oxygens (including phenoxy) is 1. The number of Topliss-reactive ketones (excluding diaryl/α,β-unsaturated/α-hetero) is 1. The minimum Gasteiger partial charge on any atom is -0.490 e. The molecular formula is C19H19NO3. The average molecular weight is 309 g/mol. The highest BCUT2D eigenvalue weighted by Crippen LogP contribution is 2.32. The van der Waals surface area contributed by atoms with Crippen molar-refractivity contribution < 1.29 is 14.3 Å². The normalized spacial score (nSPS) is 13.2. The van der Waals surface area contributed by atoms with Crippen LogP contribution in [-0.4, -0.2) is 24.8 Å². The number of aryl methyl sites for hydroxylation is 1. The second kappa shape index (κ2) is 6.65. The van der Waals surface area contributed by atoms with E-state index in [4.69, 9.17) is 4.74 Å². The third-order valence-corrected chi connectivity index (χ3v) is 3.94. The number of carbonyl (C=O) groups excluding carboxylic acids is 2. The van der Waals surface area contributed by atoms with Crippen LogP contribution in [0.3, 0.4) is 0 Å². The molecule has 1 aliphatic heterocycles. The van der Waals surface area contributed by atoms with E-state index in [9.17, 15) is 9.59 Å². The van der Waals surface area contributed by atoms with E-state index in [1.54, 1.807) is 17.0 Å². The fourth-order valence-corrected chi connectivity index (χ4v) is 2.71. The van der Waals surface area contributed by atoms with Gasteiger partial charge in [0.15, 0.2) is 5.78 Å². The fourth-order valence-electron chi connectivity index (χ4n) is 2.71. The number of benzene rings is 2. The second-order valence-electron chi connectivity index (χ2n) is 5.65. The molecule has 4 nitrogen and oxygen atoms in total. The van der Waals surface area contributed by atoms with Crippen LogP contribution < -0.4 is 9.64 Å². The number of hydrogen-bond donors (Lipinski definition) is 0. The van der Waals surface area contributed by atoms with Gasteiger partial charge in [-0.2, -0.15) is 0 Å². The van der Waals surface area contributed by atoms with E-state index < -0.39 is 0 Å². The van der Waals surface area contributed by atoms with Crippen LogP contribution in [0.15, 0.2) is 48.5 Å². The van der Waals surface area contributed by atoms with E-state index in [1.807, 2.05) is 43.3 Å². The smallest absolute Gasteiger partial charge is 0.227 e. The van der Waals surface area contributed by atoms with Gasteiger partial charge in [0.1, 0.15) is 12.4 Å². The molecule has 1 aliphatic rings. The highest BCUT2D eigenvalue weighted by atomic mass is 16.5. The van der Waals surface area contributed by atoms with Gasteiger partial charge in [-0.3, -0.25) is 9.59 Å². The maximum absolute atomic E-state index is 12.5. The summed E-state index contributed by atoms with van der Waals surface area (Å²) < 4.78 is 5.59. The number of anilines is 1. The van der Waals surface area contributed by atoms with E-state index in [2.05, 4.69) is 0 Å². The zero-order valence-corrected chi connectivity index (χ0v) is 13.1. The Labute approximate surface area is 135 Å². The van der Waals surface area contributed by atoms with Gasteiger partial charge in [0.25, 0.3) is 0 Å². The van der Waals surface area contributed by atoms with Gasteiger partial charge in [-0.25, -0.2) is 0 Å². The first kappa shape index (κ1) is 15.3. The van der Waals surface area contributed by atoms with Crippen molar-refractivity contribution in [2.24, 2.45) is 0 Å². The highest BCUT2D eigenvalue weighted by molar-refractivity contribution is 6.01. The number of fused-ring (bicyclic) bond motifs is 1. The average Bonchev–Trinajstić information content (AvgIpc) is 2.59. The van der Waals surface area contributed by atoms with E-state index in [0.717, 1.165) is 17.0 Å².